The fourth-order valence-electron chi connectivity index (χ4n) is 2.66. The fraction of sp³-hybridized carbons (Fsp3) is 0.333. The highest BCUT2D eigenvalue weighted by Gasteiger charge is 2.03. The zero-order valence-corrected chi connectivity index (χ0v) is 18.8. The number of hydrogen-bond acceptors (Lipinski definition) is 0. The van der Waals surface area contributed by atoms with Gasteiger partial charge in [-0.1, -0.05) is 84.0 Å². The second-order valence-corrected chi connectivity index (χ2v) is 8.09. The summed E-state index contributed by atoms with van der Waals surface area (Å²) in [6.07, 6.45) is 0. The van der Waals surface area contributed by atoms with Gasteiger partial charge in [-0.05, 0) is 64.8 Å². The number of hydrogen-bond donors (Lipinski definition) is 0. The number of benzene rings is 3. The monoisotopic (exact) mass is 414 g/mol. The molecule has 0 unspecified atom stereocenters. The topological polar surface area (TPSA) is 0 Å². The third kappa shape index (κ3) is 9.30. The first-order valence-corrected chi connectivity index (χ1v) is 10.4. The molecule has 3 rings (SSSR count). The Bertz CT molecular complexity index is 865. The summed E-state index contributed by atoms with van der Waals surface area (Å²) >= 11 is 0. The van der Waals surface area contributed by atoms with Crippen LogP contribution in [0.25, 0.3) is 0 Å². The quantitative estimate of drug-likeness (QED) is 0.401. The van der Waals surface area contributed by atoms with Crippen LogP contribution in [-0.2, 0) is 0 Å². The molecular weight excluding hydrogens is 381 g/mol. The Morgan fingerprint density at radius 1 is 0.500 bits per heavy atom. The molecular formula is C27H33F3. The van der Waals surface area contributed by atoms with Crippen LogP contribution in [0.2, 0.25) is 0 Å². The van der Waals surface area contributed by atoms with Gasteiger partial charge in [0.2, 0.25) is 0 Å². The van der Waals surface area contributed by atoms with Crippen molar-refractivity contribution in [3.05, 3.63) is 107 Å². The van der Waals surface area contributed by atoms with Gasteiger partial charge in [-0.25, -0.2) is 13.2 Å². The second-order valence-electron chi connectivity index (χ2n) is 8.09. The van der Waals surface area contributed by atoms with Gasteiger partial charge in [-0.3, -0.25) is 0 Å². The van der Waals surface area contributed by atoms with Crippen LogP contribution in [0.15, 0.2) is 72.8 Å². The van der Waals surface area contributed by atoms with Crippen molar-refractivity contribution in [2.45, 2.75) is 59.3 Å². The van der Waals surface area contributed by atoms with Crippen molar-refractivity contribution in [3.8, 4) is 0 Å². The molecule has 0 heterocycles. The third-order valence-corrected chi connectivity index (χ3v) is 4.58. The molecule has 0 saturated heterocycles. The van der Waals surface area contributed by atoms with Crippen molar-refractivity contribution < 1.29 is 13.2 Å². The predicted octanol–water partition coefficient (Wildman–Crippen LogP) is 8.85. The molecule has 162 valence electrons. The Balaban J connectivity index is 0.000000225. The summed E-state index contributed by atoms with van der Waals surface area (Å²) in [6.45, 7) is 12.3. The molecule has 0 aliphatic heterocycles. The first-order chi connectivity index (χ1) is 14.1. The van der Waals surface area contributed by atoms with E-state index >= 15 is 0 Å². The van der Waals surface area contributed by atoms with Crippen molar-refractivity contribution >= 4 is 0 Å². The lowest BCUT2D eigenvalue weighted by Crippen LogP contribution is -1.90. The summed E-state index contributed by atoms with van der Waals surface area (Å²) < 4.78 is 37.7. The molecule has 30 heavy (non-hydrogen) atoms. The van der Waals surface area contributed by atoms with Crippen LogP contribution in [0.4, 0.5) is 13.2 Å². The zero-order chi connectivity index (χ0) is 22.7. The highest BCUT2D eigenvalue weighted by Crippen LogP contribution is 2.17. The average Bonchev–Trinajstić information content (AvgIpc) is 2.69. The summed E-state index contributed by atoms with van der Waals surface area (Å²) in [4.78, 5) is 0. The van der Waals surface area contributed by atoms with Gasteiger partial charge in [-0.15, -0.1) is 0 Å². The summed E-state index contributed by atoms with van der Waals surface area (Å²) in [7, 11) is 0. The van der Waals surface area contributed by atoms with E-state index in [1.807, 2.05) is 44.2 Å². The smallest absolute Gasteiger partial charge is 0.126 e. The molecule has 0 aliphatic carbocycles. The minimum absolute atomic E-state index is 0.0995. The van der Waals surface area contributed by atoms with Crippen LogP contribution >= 0.6 is 0 Å². The number of rotatable bonds is 3. The maximum absolute atomic E-state index is 12.8. The molecule has 0 saturated carbocycles. The molecule has 0 aromatic heterocycles. The number of halogens is 3. The van der Waals surface area contributed by atoms with E-state index in [1.54, 1.807) is 18.2 Å². The van der Waals surface area contributed by atoms with Gasteiger partial charge in [0.25, 0.3) is 0 Å². The molecule has 0 N–H and O–H groups in total. The molecule has 3 aromatic rings. The van der Waals surface area contributed by atoms with E-state index in [0.29, 0.717) is 11.8 Å². The lowest BCUT2D eigenvalue weighted by Gasteiger charge is -2.04. The van der Waals surface area contributed by atoms with E-state index in [4.69, 9.17) is 0 Å². The Labute approximate surface area is 179 Å². The maximum atomic E-state index is 12.8. The molecule has 0 fully saturated rings. The second kappa shape index (κ2) is 12.9. The summed E-state index contributed by atoms with van der Waals surface area (Å²) in [5.41, 5.74) is 3.03. The van der Waals surface area contributed by atoms with Crippen LogP contribution in [0.1, 0.15) is 76.0 Å². The van der Waals surface area contributed by atoms with Gasteiger partial charge in [-0.2, -0.15) is 0 Å². The minimum Gasteiger partial charge on any atom is -0.207 e. The first kappa shape index (κ1) is 25.5. The standard InChI is InChI=1S/3C9H11F/c1-7(2)8-3-5-9(10)6-4-8;1-7(2)8-4-3-5-9(10)6-8;1-7(2)8-5-3-4-6-9(8)10/h3*3-7H,1-2H3. The van der Waals surface area contributed by atoms with Gasteiger partial charge in [0.05, 0.1) is 0 Å². The van der Waals surface area contributed by atoms with Crippen LogP contribution in [-0.4, -0.2) is 0 Å². The molecule has 3 heteroatoms. The Kier molecular flexibility index (Phi) is 11.0. The Hall–Kier alpha value is -2.55. The van der Waals surface area contributed by atoms with E-state index in [-0.39, 0.29) is 23.4 Å². The fourth-order valence-corrected chi connectivity index (χ4v) is 2.66. The van der Waals surface area contributed by atoms with Gasteiger partial charge in [0.1, 0.15) is 17.5 Å². The highest BCUT2D eigenvalue weighted by molar-refractivity contribution is 5.21. The van der Waals surface area contributed by atoms with Gasteiger partial charge in [0, 0.05) is 0 Å². The van der Waals surface area contributed by atoms with Crippen molar-refractivity contribution in [1.82, 2.24) is 0 Å². The van der Waals surface area contributed by atoms with E-state index in [1.165, 1.54) is 29.8 Å². The molecule has 0 spiro atoms. The summed E-state index contributed by atoms with van der Waals surface area (Å²) in [5, 5.41) is 0. The lowest BCUT2D eigenvalue weighted by atomic mass is 10.0. The van der Waals surface area contributed by atoms with Crippen LogP contribution in [0.5, 0.6) is 0 Å². The molecule has 3 aromatic carbocycles. The van der Waals surface area contributed by atoms with Crippen molar-refractivity contribution in [2.24, 2.45) is 0 Å². The van der Waals surface area contributed by atoms with E-state index in [2.05, 4.69) is 27.7 Å². The van der Waals surface area contributed by atoms with Gasteiger partial charge >= 0.3 is 0 Å². The maximum Gasteiger partial charge on any atom is 0.126 e. The largest absolute Gasteiger partial charge is 0.207 e. The predicted molar refractivity (Wildman–Crippen MR) is 121 cm³/mol. The summed E-state index contributed by atoms with van der Waals surface area (Å²) in [6, 6.07) is 20.2. The lowest BCUT2D eigenvalue weighted by molar-refractivity contribution is 0.598. The van der Waals surface area contributed by atoms with Crippen LogP contribution in [0, 0.1) is 17.5 Å². The normalized spacial score (nSPS) is 10.4. The van der Waals surface area contributed by atoms with Crippen molar-refractivity contribution in [2.75, 3.05) is 0 Å². The first-order valence-electron chi connectivity index (χ1n) is 10.4. The summed E-state index contributed by atoms with van der Waals surface area (Å²) in [5.74, 6) is 0.769. The molecule has 0 bridgehead atoms. The third-order valence-electron chi connectivity index (χ3n) is 4.58. The van der Waals surface area contributed by atoms with E-state index in [9.17, 15) is 13.2 Å². The Morgan fingerprint density at radius 3 is 1.47 bits per heavy atom. The molecule has 0 radical (unpaired) electrons. The van der Waals surface area contributed by atoms with Crippen LogP contribution in [0.3, 0.4) is 0 Å². The van der Waals surface area contributed by atoms with Crippen LogP contribution < -0.4 is 0 Å². The van der Waals surface area contributed by atoms with Crippen molar-refractivity contribution in [1.29, 1.82) is 0 Å². The van der Waals surface area contributed by atoms with E-state index < -0.39 is 0 Å². The zero-order valence-electron chi connectivity index (χ0n) is 18.8. The van der Waals surface area contributed by atoms with Gasteiger partial charge in [0.15, 0.2) is 0 Å². The van der Waals surface area contributed by atoms with Gasteiger partial charge < -0.3 is 0 Å². The van der Waals surface area contributed by atoms with Crippen molar-refractivity contribution in [3.63, 3.8) is 0 Å². The molecule has 0 nitrogen and oxygen atoms in total. The highest BCUT2D eigenvalue weighted by atomic mass is 19.1. The van der Waals surface area contributed by atoms with E-state index in [0.717, 1.165) is 11.1 Å². The molecule has 0 amide bonds. The molecule has 0 aliphatic rings. The molecule has 0 atom stereocenters. The minimum atomic E-state index is -0.163. The SMILES string of the molecule is CC(C)c1ccc(F)cc1.CC(C)c1cccc(F)c1.CC(C)c1ccccc1F. The average molecular weight is 415 g/mol. The Morgan fingerprint density at radius 2 is 1.07 bits per heavy atom.